The van der Waals surface area contributed by atoms with Crippen molar-refractivity contribution in [1.29, 1.82) is 0 Å². The molecule has 0 bridgehead atoms. The van der Waals surface area contributed by atoms with Crippen LogP contribution in [0.2, 0.25) is 0 Å². The molecule has 8 heteroatoms. The minimum atomic E-state index is 0. The Labute approximate surface area is 151 Å². The summed E-state index contributed by atoms with van der Waals surface area (Å²) in [5.74, 6) is 1.82. The first-order valence-corrected chi connectivity index (χ1v) is 8.38. The van der Waals surface area contributed by atoms with Crippen LogP contribution in [0.5, 0.6) is 5.75 Å². The number of halogens is 1. The molecule has 24 heavy (non-hydrogen) atoms. The summed E-state index contributed by atoms with van der Waals surface area (Å²) in [6, 6.07) is 12.5. The summed E-state index contributed by atoms with van der Waals surface area (Å²) in [6.45, 7) is 1.63. The van der Waals surface area contributed by atoms with Gasteiger partial charge >= 0.3 is 0 Å². The number of rotatable bonds is 7. The smallest absolute Gasteiger partial charge is 0.209 e. The summed E-state index contributed by atoms with van der Waals surface area (Å²) in [6.07, 6.45) is 0. The molecule has 0 fully saturated rings. The van der Waals surface area contributed by atoms with E-state index < -0.39 is 0 Å². The molecule has 1 aromatic heterocycles. The summed E-state index contributed by atoms with van der Waals surface area (Å²) in [5.41, 5.74) is 1.19. The standard InChI is InChI=1S/C16H19N5OS.ClH/c1-21-16(18-19-20-21)23-10-9-17-11-14-13-6-4-3-5-12(13)7-8-15(14)22-2;/h3-8,17H,9-11H2,1-2H3;1H/p-1. The van der Waals surface area contributed by atoms with E-state index in [1.54, 1.807) is 23.6 Å². The number of aryl methyl sites for hydroxylation is 1. The highest BCUT2D eigenvalue weighted by Crippen LogP contribution is 2.27. The summed E-state index contributed by atoms with van der Waals surface area (Å²) in [4.78, 5) is 0. The second-order valence-corrected chi connectivity index (χ2v) is 6.14. The quantitative estimate of drug-likeness (QED) is 0.440. The average Bonchev–Trinajstić information content (AvgIpc) is 2.99. The monoisotopic (exact) mass is 364 g/mol. The van der Waals surface area contributed by atoms with E-state index in [4.69, 9.17) is 4.74 Å². The van der Waals surface area contributed by atoms with Gasteiger partial charge in [-0.3, -0.25) is 0 Å². The number of nitrogens with one attached hydrogen (secondary N) is 1. The van der Waals surface area contributed by atoms with E-state index in [-0.39, 0.29) is 12.4 Å². The topological polar surface area (TPSA) is 64.9 Å². The number of aromatic nitrogens is 4. The fourth-order valence-corrected chi connectivity index (χ4v) is 3.21. The number of tetrazole rings is 1. The molecule has 0 saturated heterocycles. The van der Waals surface area contributed by atoms with Crippen molar-refractivity contribution >= 4 is 22.5 Å². The second kappa shape index (κ2) is 8.86. The first kappa shape index (κ1) is 18.5. The fraction of sp³-hybridized carbons (Fsp3) is 0.312. The Balaban J connectivity index is 0.00000208. The van der Waals surface area contributed by atoms with Gasteiger partial charge in [0.1, 0.15) is 5.75 Å². The molecule has 1 N–H and O–H groups in total. The van der Waals surface area contributed by atoms with Crippen LogP contribution in [-0.4, -0.2) is 39.6 Å². The summed E-state index contributed by atoms with van der Waals surface area (Å²) >= 11 is 1.64. The minimum absolute atomic E-state index is 0. The molecule has 0 radical (unpaired) electrons. The van der Waals surface area contributed by atoms with Gasteiger partial charge < -0.3 is 22.5 Å². The van der Waals surface area contributed by atoms with Gasteiger partial charge in [-0.1, -0.05) is 42.1 Å². The van der Waals surface area contributed by atoms with Gasteiger partial charge in [0.15, 0.2) is 0 Å². The number of hydrogen-bond acceptors (Lipinski definition) is 6. The summed E-state index contributed by atoms with van der Waals surface area (Å²) < 4.78 is 7.19. The maximum atomic E-state index is 5.51. The van der Waals surface area contributed by atoms with Crippen LogP contribution in [0.15, 0.2) is 41.6 Å². The maximum Gasteiger partial charge on any atom is 0.209 e. The Morgan fingerprint density at radius 3 is 2.79 bits per heavy atom. The predicted octanol–water partition coefficient (Wildman–Crippen LogP) is -0.742. The number of methoxy groups -OCH3 is 1. The van der Waals surface area contributed by atoms with Gasteiger partial charge in [-0.15, -0.1) is 5.10 Å². The van der Waals surface area contributed by atoms with Gasteiger partial charge in [0.25, 0.3) is 0 Å². The van der Waals surface area contributed by atoms with Crippen LogP contribution in [-0.2, 0) is 13.6 Å². The van der Waals surface area contributed by atoms with Gasteiger partial charge in [-0.2, -0.15) is 0 Å². The highest BCUT2D eigenvalue weighted by molar-refractivity contribution is 7.99. The van der Waals surface area contributed by atoms with Crippen LogP contribution in [0, 0.1) is 0 Å². The van der Waals surface area contributed by atoms with E-state index in [1.807, 2.05) is 13.1 Å². The third kappa shape index (κ3) is 4.17. The first-order valence-electron chi connectivity index (χ1n) is 7.40. The second-order valence-electron chi connectivity index (χ2n) is 5.08. The van der Waals surface area contributed by atoms with Crippen LogP contribution in [0.4, 0.5) is 0 Å². The third-order valence-corrected chi connectivity index (χ3v) is 4.62. The molecule has 0 amide bonds. The number of fused-ring (bicyclic) bond motifs is 1. The zero-order valence-corrected chi connectivity index (χ0v) is 15.1. The first-order chi connectivity index (χ1) is 11.3. The number of hydrogen-bond donors (Lipinski definition) is 1. The van der Waals surface area contributed by atoms with Crippen molar-refractivity contribution in [2.45, 2.75) is 11.7 Å². The molecule has 0 spiro atoms. The fourth-order valence-electron chi connectivity index (χ4n) is 2.46. The third-order valence-electron chi connectivity index (χ3n) is 3.61. The molecule has 0 saturated carbocycles. The highest BCUT2D eigenvalue weighted by Gasteiger charge is 2.08. The lowest BCUT2D eigenvalue weighted by molar-refractivity contribution is -0.00000513. The molecule has 0 aliphatic rings. The number of benzene rings is 2. The normalized spacial score (nSPS) is 10.6. The van der Waals surface area contributed by atoms with Gasteiger partial charge in [-0.25, -0.2) is 4.68 Å². The van der Waals surface area contributed by atoms with Crippen molar-refractivity contribution in [1.82, 2.24) is 25.5 Å². The minimum Gasteiger partial charge on any atom is -1.00 e. The zero-order chi connectivity index (χ0) is 16.1. The Bertz CT molecular complexity index is 795. The zero-order valence-electron chi connectivity index (χ0n) is 13.6. The van der Waals surface area contributed by atoms with E-state index >= 15 is 0 Å². The molecule has 3 rings (SSSR count). The molecule has 1 heterocycles. The lowest BCUT2D eigenvalue weighted by atomic mass is 10.0. The van der Waals surface area contributed by atoms with Gasteiger partial charge in [0.05, 0.1) is 7.11 Å². The Morgan fingerprint density at radius 1 is 1.21 bits per heavy atom. The number of ether oxygens (including phenoxy) is 1. The molecule has 3 aromatic rings. The van der Waals surface area contributed by atoms with E-state index in [9.17, 15) is 0 Å². The van der Waals surface area contributed by atoms with E-state index in [0.717, 1.165) is 29.7 Å². The van der Waals surface area contributed by atoms with Crippen molar-refractivity contribution in [2.24, 2.45) is 7.05 Å². The number of thioether (sulfide) groups is 1. The van der Waals surface area contributed by atoms with Crippen molar-refractivity contribution < 1.29 is 17.1 Å². The predicted molar refractivity (Wildman–Crippen MR) is 91.7 cm³/mol. The van der Waals surface area contributed by atoms with E-state index in [1.165, 1.54) is 16.3 Å². The Morgan fingerprint density at radius 2 is 2.04 bits per heavy atom. The van der Waals surface area contributed by atoms with Gasteiger partial charge in [0, 0.05) is 31.5 Å². The van der Waals surface area contributed by atoms with Crippen LogP contribution in [0.1, 0.15) is 5.56 Å². The summed E-state index contributed by atoms with van der Waals surface area (Å²) in [7, 11) is 3.56. The van der Waals surface area contributed by atoms with Gasteiger partial charge in [0.2, 0.25) is 5.16 Å². The summed E-state index contributed by atoms with van der Waals surface area (Å²) in [5, 5.41) is 18.2. The van der Waals surface area contributed by atoms with Gasteiger partial charge in [-0.05, 0) is 27.3 Å². The van der Waals surface area contributed by atoms with Crippen molar-refractivity contribution in [2.75, 3.05) is 19.4 Å². The van der Waals surface area contributed by atoms with Crippen LogP contribution in [0.3, 0.4) is 0 Å². The molecule has 128 valence electrons. The van der Waals surface area contributed by atoms with Crippen LogP contribution in [0.25, 0.3) is 10.8 Å². The molecule has 0 atom stereocenters. The van der Waals surface area contributed by atoms with E-state index in [2.05, 4.69) is 51.2 Å². The highest BCUT2D eigenvalue weighted by atomic mass is 35.5. The average molecular weight is 365 g/mol. The van der Waals surface area contributed by atoms with E-state index in [0.29, 0.717) is 0 Å². The number of nitrogens with zero attached hydrogens (tertiary/aromatic N) is 4. The van der Waals surface area contributed by atoms with Crippen LogP contribution < -0.4 is 22.5 Å². The molecule has 0 aliphatic heterocycles. The lowest BCUT2D eigenvalue weighted by Crippen LogP contribution is -3.00. The molecule has 0 unspecified atom stereocenters. The molecular formula is C16H19ClN5OS-. The molecule has 2 aromatic carbocycles. The molecule has 6 nitrogen and oxygen atoms in total. The van der Waals surface area contributed by atoms with Crippen molar-refractivity contribution in [3.05, 3.63) is 42.0 Å². The Kier molecular flexibility index (Phi) is 6.84. The lowest BCUT2D eigenvalue weighted by Gasteiger charge is -2.13. The van der Waals surface area contributed by atoms with Crippen molar-refractivity contribution in [3.8, 4) is 5.75 Å². The Hall–Kier alpha value is -1.83. The molecular weight excluding hydrogens is 346 g/mol. The largest absolute Gasteiger partial charge is 1.00 e. The SMILES string of the molecule is COc1ccc2ccccc2c1CNCCSc1nnnn1C.[Cl-]. The maximum absolute atomic E-state index is 5.51. The van der Waals surface area contributed by atoms with Crippen LogP contribution >= 0.6 is 11.8 Å². The van der Waals surface area contributed by atoms with Crippen molar-refractivity contribution in [3.63, 3.8) is 0 Å². The molecule has 0 aliphatic carbocycles.